The van der Waals surface area contributed by atoms with E-state index in [9.17, 15) is 8.78 Å². The van der Waals surface area contributed by atoms with Crippen molar-refractivity contribution in [2.24, 2.45) is 11.7 Å². The first kappa shape index (κ1) is 13.4. The van der Waals surface area contributed by atoms with Gasteiger partial charge in [0.25, 0.3) is 0 Å². The molecule has 2 nitrogen and oxygen atoms in total. The molecule has 0 spiro atoms. The van der Waals surface area contributed by atoms with E-state index >= 15 is 0 Å². The maximum absolute atomic E-state index is 13.9. The summed E-state index contributed by atoms with van der Waals surface area (Å²) in [4.78, 5) is 2.22. The lowest BCUT2D eigenvalue weighted by atomic mass is 9.93. The average molecular weight is 254 g/mol. The highest BCUT2D eigenvalue weighted by molar-refractivity contribution is 5.24. The van der Waals surface area contributed by atoms with E-state index in [0.29, 0.717) is 12.1 Å². The molecule has 1 aliphatic heterocycles. The Morgan fingerprint density at radius 3 is 2.83 bits per heavy atom. The third-order valence-electron chi connectivity index (χ3n) is 3.72. The molecule has 1 fully saturated rings. The van der Waals surface area contributed by atoms with Crippen molar-refractivity contribution >= 4 is 0 Å². The Kier molecular flexibility index (Phi) is 4.30. The van der Waals surface area contributed by atoms with Crippen molar-refractivity contribution in [1.29, 1.82) is 0 Å². The van der Waals surface area contributed by atoms with Crippen molar-refractivity contribution in [1.82, 2.24) is 4.90 Å². The van der Waals surface area contributed by atoms with Crippen molar-refractivity contribution < 1.29 is 8.78 Å². The lowest BCUT2D eigenvalue weighted by Crippen LogP contribution is -2.29. The number of nitrogens with zero attached hydrogens (tertiary/aromatic N) is 1. The molecule has 0 aliphatic carbocycles. The second-order valence-corrected chi connectivity index (χ2v) is 4.93. The molecular weight excluding hydrogens is 234 g/mol. The van der Waals surface area contributed by atoms with Gasteiger partial charge in [0, 0.05) is 11.6 Å². The number of likely N-dealkylation sites (tertiary alicyclic amines) is 1. The van der Waals surface area contributed by atoms with Crippen LogP contribution in [0.25, 0.3) is 0 Å². The van der Waals surface area contributed by atoms with Crippen LogP contribution in [0.3, 0.4) is 0 Å². The smallest absolute Gasteiger partial charge is 0.128 e. The number of benzene rings is 1. The Morgan fingerprint density at radius 1 is 1.39 bits per heavy atom. The summed E-state index contributed by atoms with van der Waals surface area (Å²) in [6.45, 7) is 4.42. The van der Waals surface area contributed by atoms with Crippen LogP contribution in [0, 0.1) is 17.6 Å². The van der Waals surface area contributed by atoms with Crippen LogP contribution in [-0.2, 0) is 0 Å². The van der Waals surface area contributed by atoms with Crippen LogP contribution in [0.1, 0.15) is 31.4 Å². The van der Waals surface area contributed by atoms with Gasteiger partial charge in [-0.05, 0) is 56.6 Å². The van der Waals surface area contributed by atoms with Crippen LogP contribution in [0.15, 0.2) is 18.2 Å². The maximum atomic E-state index is 13.9. The van der Waals surface area contributed by atoms with Gasteiger partial charge in [-0.3, -0.25) is 4.90 Å². The van der Waals surface area contributed by atoms with Gasteiger partial charge in [-0.25, -0.2) is 8.78 Å². The van der Waals surface area contributed by atoms with E-state index in [2.05, 4.69) is 11.8 Å². The molecule has 0 bridgehead atoms. The lowest BCUT2D eigenvalue weighted by Gasteiger charge is -2.28. The molecule has 0 radical (unpaired) electrons. The second-order valence-electron chi connectivity index (χ2n) is 4.93. The molecule has 0 saturated carbocycles. The van der Waals surface area contributed by atoms with E-state index in [1.807, 2.05) is 0 Å². The van der Waals surface area contributed by atoms with E-state index in [0.717, 1.165) is 32.0 Å². The summed E-state index contributed by atoms with van der Waals surface area (Å²) in [6, 6.07) is 3.61. The van der Waals surface area contributed by atoms with Gasteiger partial charge in [0.1, 0.15) is 11.6 Å². The van der Waals surface area contributed by atoms with Gasteiger partial charge in [0.15, 0.2) is 0 Å². The SMILES string of the molecule is CCCN1CCC(CN)C1c1cc(F)ccc1F. The number of halogens is 2. The highest BCUT2D eigenvalue weighted by Crippen LogP contribution is 2.38. The molecule has 0 amide bonds. The highest BCUT2D eigenvalue weighted by atomic mass is 19.1. The molecular formula is C14H20F2N2. The molecule has 1 heterocycles. The number of nitrogens with two attached hydrogens (primary N) is 1. The fourth-order valence-electron chi connectivity index (χ4n) is 2.90. The summed E-state index contributed by atoms with van der Waals surface area (Å²) in [6.07, 6.45) is 1.96. The van der Waals surface area contributed by atoms with Gasteiger partial charge < -0.3 is 5.73 Å². The summed E-state index contributed by atoms with van der Waals surface area (Å²) < 4.78 is 27.2. The van der Waals surface area contributed by atoms with E-state index in [1.165, 1.54) is 12.1 Å². The third-order valence-corrected chi connectivity index (χ3v) is 3.72. The molecule has 2 rings (SSSR count). The molecule has 100 valence electrons. The third kappa shape index (κ3) is 2.54. The van der Waals surface area contributed by atoms with Gasteiger partial charge in [-0.15, -0.1) is 0 Å². The van der Waals surface area contributed by atoms with Crippen LogP contribution in [0.5, 0.6) is 0 Å². The molecule has 0 aromatic heterocycles. The largest absolute Gasteiger partial charge is 0.330 e. The summed E-state index contributed by atoms with van der Waals surface area (Å²) in [7, 11) is 0. The van der Waals surface area contributed by atoms with Crippen LogP contribution in [-0.4, -0.2) is 24.5 Å². The normalized spacial score (nSPS) is 24.7. The van der Waals surface area contributed by atoms with Crippen LogP contribution < -0.4 is 5.73 Å². The first-order chi connectivity index (χ1) is 8.67. The van der Waals surface area contributed by atoms with E-state index < -0.39 is 0 Å². The molecule has 1 aromatic rings. The van der Waals surface area contributed by atoms with Crippen molar-refractivity contribution in [3.05, 3.63) is 35.4 Å². The first-order valence-electron chi connectivity index (χ1n) is 6.56. The molecule has 1 aromatic carbocycles. The average Bonchev–Trinajstić information content (AvgIpc) is 2.75. The van der Waals surface area contributed by atoms with Crippen molar-refractivity contribution in [3.63, 3.8) is 0 Å². The fourth-order valence-corrected chi connectivity index (χ4v) is 2.90. The maximum Gasteiger partial charge on any atom is 0.128 e. The first-order valence-corrected chi connectivity index (χ1v) is 6.56. The van der Waals surface area contributed by atoms with Gasteiger partial charge >= 0.3 is 0 Å². The minimum absolute atomic E-state index is 0.0781. The lowest BCUT2D eigenvalue weighted by molar-refractivity contribution is 0.225. The molecule has 2 N–H and O–H groups in total. The van der Waals surface area contributed by atoms with Crippen LogP contribution in [0.2, 0.25) is 0 Å². The van der Waals surface area contributed by atoms with E-state index in [1.54, 1.807) is 0 Å². The van der Waals surface area contributed by atoms with Gasteiger partial charge in [0.05, 0.1) is 0 Å². The summed E-state index contributed by atoms with van der Waals surface area (Å²) >= 11 is 0. The van der Waals surface area contributed by atoms with Gasteiger partial charge in [0.2, 0.25) is 0 Å². The fraction of sp³-hybridized carbons (Fsp3) is 0.571. The molecule has 18 heavy (non-hydrogen) atoms. The molecule has 4 heteroatoms. The molecule has 2 atom stereocenters. The van der Waals surface area contributed by atoms with Gasteiger partial charge in [-0.1, -0.05) is 6.92 Å². The predicted octanol–water partition coefficient (Wildman–Crippen LogP) is 2.70. The minimum Gasteiger partial charge on any atom is -0.330 e. The van der Waals surface area contributed by atoms with Crippen molar-refractivity contribution in [2.45, 2.75) is 25.8 Å². The van der Waals surface area contributed by atoms with E-state index in [-0.39, 0.29) is 23.6 Å². The zero-order valence-corrected chi connectivity index (χ0v) is 10.7. The number of hydrogen-bond acceptors (Lipinski definition) is 2. The predicted molar refractivity (Wildman–Crippen MR) is 68.1 cm³/mol. The quantitative estimate of drug-likeness (QED) is 0.895. The summed E-state index contributed by atoms with van der Waals surface area (Å²) in [5, 5.41) is 0. The Hall–Kier alpha value is -1.00. The zero-order valence-electron chi connectivity index (χ0n) is 10.7. The molecule has 1 aliphatic rings. The summed E-state index contributed by atoms with van der Waals surface area (Å²) in [5.41, 5.74) is 6.22. The van der Waals surface area contributed by atoms with Gasteiger partial charge in [-0.2, -0.15) is 0 Å². The Bertz CT molecular complexity index is 409. The summed E-state index contributed by atoms with van der Waals surface area (Å²) in [5.74, 6) is -0.499. The zero-order chi connectivity index (χ0) is 13.1. The molecule has 2 unspecified atom stereocenters. The number of hydrogen-bond donors (Lipinski definition) is 1. The Morgan fingerprint density at radius 2 is 2.17 bits per heavy atom. The minimum atomic E-state index is -0.384. The Balaban J connectivity index is 2.33. The topological polar surface area (TPSA) is 29.3 Å². The Labute approximate surface area is 107 Å². The van der Waals surface area contributed by atoms with Crippen molar-refractivity contribution in [3.8, 4) is 0 Å². The highest BCUT2D eigenvalue weighted by Gasteiger charge is 2.35. The standard InChI is InChI=1S/C14H20F2N2/c1-2-6-18-7-5-10(9-17)14(18)12-8-11(15)3-4-13(12)16/h3-4,8,10,14H,2,5-7,9,17H2,1H3. The van der Waals surface area contributed by atoms with Crippen LogP contribution >= 0.6 is 0 Å². The van der Waals surface area contributed by atoms with Crippen molar-refractivity contribution in [2.75, 3.05) is 19.6 Å². The van der Waals surface area contributed by atoms with Crippen LogP contribution in [0.4, 0.5) is 8.78 Å². The second kappa shape index (κ2) is 5.76. The van der Waals surface area contributed by atoms with E-state index in [4.69, 9.17) is 5.73 Å². The number of rotatable bonds is 4. The molecule has 1 saturated heterocycles. The monoisotopic (exact) mass is 254 g/mol.